The molecule has 5 heteroatoms. The summed E-state index contributed by atoms with van der Waals surface area (Å²) in [5, 5.41) is 10.4. The molecule has 1 N–H and O–H groups in total. The largest absolute Gasteiger partial charge is 0.545 e. The first-order chi connectivity index (χ1) is 10.0. The van der Waals surface area contributed by atoms with Gasteiger partial charge in [0.05, 0.1) is 39.8 Å². The van der Waals surface area contributed by atoms with Gasteiger partial charge in [0.25, 0.3) is 0 Å². The standard InChI is InChI=1S/C16H23NO4/c1-4-20-15-12-13(7-9-16(18)19)6-8-14(15)21-11-5-10-17(2)3/h6-9,12H,4-5,10-11H2,1-3H3,(H,18,19)/b9-7+. The zero-order chi connectivity index (χ0) is 15.7. The van der Waals surface area contributed by atoms with Gasteiger partial charge in [-0.05, 0) is 30.7 Å². The van der Waals surface area contributed by atoms with Gasteiger partial charge in [-0.25, -0.2) is 0 Å². The summed E-state index contributed by atoms with van der Waals surface area (Å²) < 4.78 is 11.3. The Bertz CT molecular complexity index is 483. The Balaban J connectivity index is 2.72. The molecule has 0 amide bonds. The molecule has 0 spiro atoms. The molecular weight excluding hydrogens is 270 g/mol. The van der Waals surface area contributed by atoms with Crippen molar-refractivity contribution in [2.45, 2.75) is 13.3 Å². The SMILES string of the molecule is CCOc1cc(/C=C/C(=O)[O-])ccc1OCCC[NH+](C)C. The molecule has 1 aromatic carbocycles. The topological polar surface area (TPSA) is 63.0 Å². The average molecular weight is 293 g/mol. The van der Waals surface area contributed by atoms with E-state index in [0.717, 1.165) is 24.6 Å². The Hall–Kier alpha value is -2.01. The highest BCUT2D eigenvalue weighted by Gasteiger charge is 2.06. The molecule has 0 aromatic heterocycles. The van der Waals surface area contributed by atoms with E-state index in [4.69, 9.17) is 9.47 Å². The van der Waals surface area contributed by atoms with E-state index in [-0.39, 0.29) is 0 Å². The molecule has 0 saturated carbocycles. The van der Waals surface area contributed by atoms with Crippen LogP contribution in [0.5, 0.6) is 11.5 Å². The van der Waals surface area contributed by atoms with Gasteiger partial charge in [-0.15, -0.1) is 0 Å². The third-order valence-corrected chi connectivity index (χ3v) is 2.76. The maximum Gasteiger partial charge on any atom is 0.161 e. The van der Waals surface area contributed by atoms with E-state index in [1.807, 2.05) is 6.92 Å². The predicted octanol–water partition coefficient (Wildman–Crippen LogP) is -0.238. The maximum absolute atomic E-state index is 10.4. The van der Waals surface area contributed by atoms with Crippen LogP contribution in [0.15, 0.2) is 24.3 Å². The Labute approximate surface area is 125 Å². The third-order valence-electron chi connectivity index (χ3n) is 2.76. The second-order valence-corrected chi connectivity index (χ2v) is 4.95. The van der Waals surface area contributed by atoms with Crippen molar-refractivity contribution in [2.24, 2.45) is 0 Å². The van der Waals surface area contributed by atoms with Gasteiger partial charge in [0.15, 0.2) is 11.5 Å². The molecule has 0 aliphatic carbocycles. The minimum atomic E-state index is -1.22. The van der Waals surface area contributed by atoms with Gasteiger partial charge in [-0.2, -0.15) is 0 Å². The lowest BCUT2D eigenvalue weighted by Crippen LogP contribution is -3.05. The molecule has 5 nitrogen and oxygen atoms in total. The van der Waals surface area contributed by atoms with Gasteiger partial charge in [0.2, 0.25) is 0 Å². The highest BCUT2D eigenvalue weighted by Crippen LogP contribution is 2.29. The van der Waals surface area contributed by atoms with Gasteiger partial charge < -0.3 is 24.3 Å². The maximum atomic E-state index is 10.4. The van der Waals surface area contributed by atoms with Gasteiger partial charge in [-0.3, -0.25) is 0 Å². The second kappa shape index (κ2) is 9.02. The lowest BCUT2D eigenvalue weighted by molar-refractivity contribution is -0.858. The summed E-state index contributed by atoms with van der Waals surface area (Å²) in [6, 6.07) is 5.34. The number of benzene rings is 1. The first kappa shape index (κ1) is 17.0. The van der Waals surface area contributed by atoms with Crippen LogP contribution in [0.3, 0.4) is 0 Å². The van der Waals surface area contributed by atoms with Gasteiger partial charge in [0, 0.05) is 6.42 Å². The molecule has 0 atom stereocenters. The number of nitrogens with one attached hydrogen (secondary N) is 1. The van der Waals surface area contributed by atoms with E-state index in [9.17, 15) is 9.90 Å². The van der Waals surface area contributed by atoms with Crippen LogP contribution >= 0.6 is 0 Å². The first-order valence-corrected chi connectivity index (χ1v) is 7.10. The van der Waals surface area contributed by atoms with E-state index in [0.29, 0.717) is 24.7 Å². The van der Waals surface area contributed by atoms with E-state index >= 15 is 0 Å². The van der Waals surface area contributed by atoms with Crippen LogP contribution in [-0.4, -0.2) is 39.8 Å². The summed E-state index contributed by atoms with van der Waals surface area (Å²) in [5.41, 5.74) is 0.729. The zero-order valence-electron chi connectivity index (χ0n) is 12.8. The number of aliphatic carboxylic acids is 1. The number of carbonyl (C=O) groups is 1. The number of ether oxygens (including phenoxy) is 2. The number of carboxylic acids is 1. The monoisotopic (exact) mass is 293 g/mol. The summed E-state index contributed by atoms with van der Waals surface area (Å²) in [5.74, 6) is 0.0749. The number of carboxylic acid groups (broad SMARTS) is 1. The molecule has 1 aromatic rings. The quantitative estimate of drug-likeness (QED) is 0.504. The van der Waals surface area contributed by atoms with Crippen LogP contribution in [0.4, 0.5) is 0 Å². The van der Waals surface area contributed by atoms with E-state index in [1.54, 1.807) is 18.2 Å². The van der Waals surface area contributed by atoms with Crippen molar-refractivity contribution < 1.29 is 24.3 Å². The van der Waals surface area contributed by atoms with Gasteiger partial charge in [0.1, 0.15) is 0 Å². The molecule has 0 bridgehead atoms. The summed E-state index contributed by atoms with van der Waals surface area (Å²) in [4.78, 5) is 11.8. The summed E-state index contributed by atoms with van der Waals surface area (Å²) in [7, 11) is 4.20. The van der Waals surface area contributed by atoms with Crippen molar-refractivity contribution in [3.8, 4) is 11.5 Å². The molecule has 0 saturated heterocycles. The minimum absolute atomic E-state index is 0.520. The molecule has 0 unspecified atom stereocenters. The number of hydrogen-bond acceptors (Lipinski definition) is 4. The molecule has 0 radical (unpaired) electrons. The van der Waals surface area contributed by atoms with Crippen LogP contribution in [0.25, 0.3) is 6.08 Å². The van der Waals surface area contributed by atoms with Crippen LogP contribution in [0, 0.1) is 0 Å². The van der Waals surface area contributed by atoms with Crippen molar-refractivity contribution in [3.63, 3.8) is 0 Å². The Morgan fingerprint density at radius 2 is 2.05 bits per heavy atom. The van der Waals surface area contributed by atoms with Gasteiger partial charge in [-0.1, -0.05) is 12.1 Å². The summed E-state index contributed by atoms with van der Waals surface area (Å²) in [6.07, 6.45) is 3.42. The Morgan fingerprint density at radius 1 is 1.29 bits per heavy atom. The summed E-state index contributed by atoms with van der Waals surface area (Å²) >= 11 is 0. The Kier molecular flexibility index (Phi) is 7.32. The molecular formula is C16H23NO4. The molecule has 1 rings (SSSR count). The molecule has 0 heterocycles. The summed E-state index contributed by atoms with van der Waals surface area (Å²) in [6.45, 7) is 4.07. The Morgan fingerprint density at radius 3 is 2.67 bits per heavy atom. The van der Waals surface area contributed by atoms with Crippen LogP contribution < -0.4 is 19.5 Å². The molecule has 0 aliphatic heterocycles. The van der Waals surface area contributed by atoms with Crippen molar-refractivity contribution in [2.75, 3.05) is 33.9 Å². The van der Waals surface area contributed by atoms with Crippen LogP contribution in [0.1, 0.15) is 18.9 Å². The van der Waals surface area contributed by atoms with Crippen LogP contribution in [-0.2, 0) is 4.79 Å². The molecule has 0 fully saturated rings. The number of rotatable bonds is 9. The fraction of sp³-hybridized carbons (Fsp3) is 0.438. The highest BCUT2D eigenvalue weighted by atomic mass is 16.5. The minimum Gasteiger partial charge on any atom is -0.545 e. The fourth-order valence-corrected chi connectivity index (χ4v) is 1.79. The second-order valence-electron chi connectivity index (χ2n) is 4.95. The normalized spacial score (nSPS) is 11.0. The molecule has 116 valence electrons. The van der Waals surface area contributed by atoms with Crippen molar-refractivity contribution >= 4 is 12.0 Å². The number of quaternary nitrogens is 1. The highest BCUT2D eigenvalue weighted by molar-refractivity contribution is 5.83. The third kappa shape index (κ3) is 6.81. The molecule has 0 aliphatic rings. The number of carbonyl (C=O) groups excluding carboxylic acids is 1. The van der Waals surface area contributed by atoms with Crippen molar-refractivity contribution in [1.29, 1.82) is 0 Å². The smallest absolute Gasteiger partial charge is 0.161 e. The van der Waals surface area contributed by atoms with E-state index < -0.39 is 5.97 Å². The predicted molar refractivity (Wildman–Crippen MR) is 79.4 cm³/mol. The fourth-order valence-electron chi connectivity index (χ4n) is 1.79. The van der Waals surface area contributed by atoms with Gasteiger partial charge >= 0.3 is 0 Å². The van der Waals surface area contributed by atoms with Crippen molar-refractivity contribution in [3.05, 3.63) is 29.8 Å². The van der Waals surface area contributed by atoms with Crippen LogP contribution in [0.2, 0.25) is 0 Å². The lowest BCUT2D eigenvalue weighted by atomic mass is 10.2. The number of hydrogen-bond donors (Lipinski definition) is 1. The zero-order valence-corrected chi connectivity index (χ0v) is 12.8. The van der Waals surface area contributed by atoms with Crippen molar-refractivity contribution in [1.82, 2.24) is 0 Å². The van der Waals surface area contributed by atoms with E-state index in [2.05, 4.69) is 14.1 Å². The molecule has 21 heavy (non-hydrogen) atoms. The lowest BCUT2D eigenvalue weighted by Gasteiger charge is -2.13. The average Bonchev–Trinajstić information content (AvgIpc) is 2.43. The van der Waals surface area contributed by atoms with E-state index in [1.165, 1.54) is 11.0 Å². The first-order valence-electron chi connectivity index (χ1n) is 7.10.